The SMILES string of the molecule is CC1CC(c2ccc(Cl)c(Cl)c2)C1. The highest BCUT2D eigenvalue weighted by Crippen LogP contribution is 2.42. The molecule has 2 rings (SSSR count). The van der Waals surface area contributed by atoms with Crippen LogP contribution in [-0.4, -0.2) is 0 Å². The molecule has 0 N–H and O–H groups in total. The van der Waals surface area contributed by atoms with Crippen molar-refractivity contribution >= 4 is 23.2 Å². The Hall–Kier alpha value is -0.200. The van der Waals surface area contributed by atoms with Crippen molar-refractivity contribution in [2.24, 2.45) is 5.92 Å². The summed E-state index contributed by atoms with van der Waals surface area (Å²) in [6, 6.07) is 5.98. The average molecular weight is 215 g/mol. The summed E-state index contributed by atoms with van der Waals surface area (Å²) in [6.07, 6.45) is 2.58. The van der Waals surface area contributed by atoms with Crippen molar-refractivity contribution in [2.45, 2.75) is 25.7 Å². The van der Waals surface area contributed by atoms with E-state index in [-0.39, 0.29) is 0 Å². The zero-order valence-electron chi connectivity index (χ0n) is 7.56. The van der Waals surface area contributed by atoms with E-state index in [1.165, 1.54) is 18.4 Å². The Bertz CT molecular complexity index is 314. The Morgan fingerprint density at radius 3 is 2.38 bits per heavy atom. The molecule has 0 amide bonds. The first-order valence-corrected chi connectivity index (χ1v) is 5.37. The Kier molecular flexibility index (Phi) is 2.53. The zero-order chi connectivity index (χ0) is 9.42. The third-order valence-corrected chi connectivity index (χ3v) is 3.53. The Morgan fingerprint density at radius 1 is 1.15 bits per heavy atom. The van der Waals surface area contributed by atoms with Gasteiger partial charge in [-0.2, -0.15) is 0 Å². The van der Waals surface area contributed by atoms with E-state index in [1.54, 1.807) is 0 Å². The topological polar surface area (TPSA) is 0 Å². The van der Waals surface area contributed by atoms with Crippen LogP contribution in [0.25, 0.3) is 0 Å². The van der Waals surface area contributed by atoms with Crippen LogP contribution >= 0.6 is 23.2 Å². The summed E-state index contributed by atoms with van der Waals surface area (Å²) in [7, 11) is 0. The minimum absolute atomic E-state index is 0.651. The van der Waals surface area contributed by atoms with Crippen molar-refractivity contribution in [2.75, 3.05) is 0 Å². The van der Waals surface area contributed by atoms with Gasteiger partial charge in [0.15, 0.2) is 0 Å². The van der Waals surface area contributed by atoms with Gasteiger partial charge in [-0.05, 0) is 42.4 Å². The molecule has 0 radical (unpaired) electrons. The number of benzene rings is 1. The number of rotatable bonds is 1. The van der Waals surface area contributed by atoms with Crippen molar-refractivity contribution in [1.29, 1.82) is 0 Å². The lowest BCUT2D eigenvalue weighted by molar-refractivity contribution is 0.288. The summed E-state index contributed by atoms with van der Waals surface area (Å²) in [5.41, 5.74) is 1.34. The number of halogens is 2. The standard InChI is InChI=1S/C11H12Cl2/c1-7-4-9(5-7)8-2-3-10(12)11(13)6-8/h2-3,6-7,9H,4-5H2,1H3. The first kappa shape index (κ1) is 9.36. The first-order chi connectivity index (χ1) is 6.16. The van der Waals surface area contributed by atoms with Crippen LogP contribution in [-0.2, 0) is 0 Å². The fraction of sp³-hybridized carbons (Fsp3) is 0.455. The van der Waals surface area contributed by atoms with Gasteiger partial charge in [-0.3, -0.25) is 0 Å². The monoisotopic (exact) mass is 214 g/mol. The fourth-order valence-corrected chi connectivity index (χ4v) is 2.25. The molecule has 70 valence electrons. The molecule has 1 aliphatic rings. The van der Waals surface area contributed by atoms with Gasteiger partial charge in [-0.1, -0.05) is 36.2 Å². The Morgan fingerprint density at radius 2 is 1.85 bits per heavy atom. The van der Waals surface area contributed by atoms with E-state index in [2.05, 4.69) is 13.0 Å². The van der Waals surface area contributed by atoms with Gasteiger partial charge in [0, 0.05) is 0 Å². The summed E-state index contributed by atoms with van der Waals surface area (Å²) in [4.78, 5) is 0. The van der Waals surface area contributed by atoms with Gasteiger partial charge in [0.05, 0.1) is 10.0 Å². The highest BCUT2D eigenvalue weighted by molar-refractivity contribution is 6.42. The van der Waals surface area contributed by atoms with E-state index >= 15 is 0 Å². The van der Waals surface area contributed by atoms with Gasteiger partial charge in [0.25, 0.3) is 0 Å². The Balaban J connectivity index is 2.18. The van der Waals surface area contributed by atoms with Crippen LogP contribution in [0.4, 0.5) is 0 Å². The van der Waals surface area contributed by atoms with Gasteiger partial charge in [0.1, 0.15) is 0 Å². The lowest BCUT2D eigenvalue weighted by Gasteiger charge is -2.33. The van der Waals surface area contributed by atoms with Gasteiger partial charge in [0.2, 0.25) is 0 Å². The van der Waals surface area contributed by atoms with Crippen LogP contribution in [0.3, 0.4) is 0 Å². The average Bonchev–Trinajstić information content (AvgIpc) is 2.05. The van der Waals surface area contributed by atoms with E-state index in [0.29, 0.717) is 16.0 Å². The summed E-state index contributed by atoms with van der Waals surface area (Å²) in [5, 5.41) is 1.33. The molecule has 0 atom stereocenters. The van der Waals surface area contributed by atoms with Crippen molar-refractivity contribution in [3.8, 4) is 0 Å². The fourth-order valence-electron chi connectivity index (χ4n) is 1.94. The second-order valence-corrected chi connectivity index (χ2v) is 4.76. The van der Waals surface area contributed by atoms with Crippen molar-refractivity contribution in [1.82, 2.24) is 0 Å². The van der Waals surface area contributed by atoms with E-state index < -0.39 is 0 Å². The molecule has 1 fully saturated rings. The molecule has 1 aromatic rings. The second-order valence-electron chi connectivity index (χ2n) is 3.95. The molecule has 1 aromatic carbocycles. The lowest BCUT2D eigenvalue weighted by Crippen LogP contribution is -2.18. The quantitative estimate of drug-likeness (QED) is 0.646. The maximum Gasteiger partial charge on any atom is 0.0595 e. The predicted molar refractivity (Wildman–Crippen MR) is 57.6 cm³/mol. The molecule has 1 saturated carbocycles. The van der Waals surface area contributed by atoms with Crippen molar-refractivity contribution in [3.63, 3.8) is 0 Å². The minimum Gasteiger partial charge on any atom is -0.0827 e. The minimum atomic E-state index is 0.651. The van der Waals surface area contributed by atoms with Gasteiger partial charge in [-0.15, -0.1) is 0 Å². The molecule has 0 bridgehead atoms. The number of hydrogen-bond acceptors (Lipinski definition) is 0. The predicted octanol–water partition coefficient (Wildman–Crippen LogP) is 4.51. The largest absolute Gasteiger partial charge is 0.0827 e. The molecule has 13 heavy (non-hydrogen) atoms. The van der Waals surface area contributed by atoms with Gasteiger partial charge < -0.3 is 0 Å². The second kappa shape index (κ2) is 3.51. The van der Waals surface area contributed by atoms with E-state index in [0.717, 1.165) is 5.92 Å². The zero-order valence-corrected chi connectivity index (χ0v) is 9.07. The molecule has 0 nitrogen and oxygen atoms in total. The molecule has 0 aromatic heterocycles. The van der Waals surface area contributed by atoms with Crippen LogP contribution in [0.2, 0.25) is 10.0 Å². The summed E-state index contributed by atoms with van der Waals surface area (Å²) >= 11 is 11.8. The van der Waals surface area contributed by atoms with E-state index in [9.17, 15) is 0 Å². The highest BCUT2D eigenvalue weighted by Gasteiger charge is 2.26. The lowest BCUT2D eigenvalue weighted by atomic mass is 9.72. The van der Waals surface area contributed by atoms with Crippen LogP contribution in [0, 0.1) is 5.92 Å². The molecule has 0 aliphatic heterocycles. The normalized spacial score (nSPS) is 27.0. The van der Waals surface area contributed by atoms with Crippen molar-refractivity contribution < 1.29 is 0 Å². The maximum absolute atomic E-state index is 5.94. The summed E-state index contributed by atoms with van der Waals surface area (Å²) in [6.45, 7) is 2.29. The third kappa shape index (κ3) is 1.84. The highest BCUT2D eigenvalue weighted by atomic mass is 35.5. The summed E-state index contributed by atoms with van der Waals surface area (Å²) in [5.74, 6) is 1.59. The molecular weight excluding hydrogens is 203 g/mol. The number of hydrogen-bond donors (Lipinski definition) is 0. The molecule has 0 spiro atoms. The molecule has 2 heteroatoms. The van der Waals surface area contributed by atoms with Crippen LogP contribution in [0.15, 0.2) is 18.2 Å². The smallest absolute Gasteiger partial charge is 0.0595 e. The van der Waals surface area contributed by atoms with Crippen LogP contribution < -0.4 is 0 Å². The molecule has 0 saturated heterocycles. The molecular formula is C11H12Cl2. The van der Waals surface area contributed by atoms with Gasteiger partial charge >= 0.3 is 0 Å². The van der Waals surface area contributed by atoms with Gasteiger partial charge in [-0.25, -0.2) is 0 Å². The van der Waals surface area contributed by atoms with E-state index in [1.807, 2.05) is 12.1 Å². The van der Waals surface area contributed by atoms with Crippen LogP contribution in [0.1, 0.15) is 31.2 Å². The Labute approximate surface area is 88.9 Å². The first-order valence-electron chi connectivity index (χ1n) is 4.62. The summed E-state index contributed by atoms with van der Waals surface area (Å²) < 4.78 is 0. The van der Waals surface area contributed by atoms with E-state index in [4.69, 9.17) is 23.2 Å². The molecule has 1 aliphatic carbocycles. The van der Waals surface area contributed by atoms with Crippen LogP contribution in [0.5, 0.6) is 0 Å². The van der Waals surface area contributed by atoms with Crippen molar-refractivity contribution in [3.05, 3.63) is 33.8 Å². The molecule has 0 heterocycles. The maximum atomic E-state index is 5.94. The third-order valence-electron chi connectivity index (χ3n) is 2.79. The molecule has 0 unspecified atom stereocenters.